The molecule has 0 amide bonds. The van der Waals surface area contributed by atoms with Gasteiger partial charge in [-0.05, 0) is 67.4 Å². The van der Waals surface area contributed by atoms with Gasteiger partial charge in [-0.3, -0.25) is 0 Å². The molecule has 0 aromatic heterocycles. The van der Waals surface area contributed by atoms with Crippen LogP contribution < -0.4 is 5.32 Å². The average Bonchev–Trinajstić information content (AvgIpc) is 2.29. The van der Waals surface area contributed by atoms with E-state index in [9.17, 15) is 0 Å². The summed E-state index contributed by atoms with van der Waals surface area (Å²) >= 11 is 6.04. The van der Waals surface area contributed by atoms with Gasteiger partial charge in [0.15, 0.2) is 0 Å². The fourth-order valence-corrected chi connectivity index (χ4v) is 3.25. The van der Waals surface area contributed by atoms with Crippen molar-refractivity contribution >= 4 is 11.6 Å². The Balaban J connectivity index is 2.29. The van der Waals surface area contributed by atoms with E-state index in [0.717, 1.165) is 29.9 Å². The highest BCUT2D eigenvalue weighted by Gasteiger charge is 2.29. The third kappa shape index (κ3) is 2.83. The second-order valence-electron chi connectivity index (χ2n) is 5.51. The minimum Gasteiger partial charge on any atom is -0.316 e. The maximum absolute atomic E-state index is 6.04. The molecule has 1 aromatic rings. The van der Waals surface area contributed by atoms with E-state index in [4.69, 9.17) is 11.6 Å². The Morgan fingerprint density at radius 2 is 2.12 bits per heavy atom. The number of aryl methyl sites for hydroxylation is 1. The highest BCUT2D eigenvalue weighted by atomic mass is 35.5. The van der Waals surface area contributed by atoms with E-state index in [1.54, 1.807) is 0 Å². The molecule has 2 atom stereocenters. The first-order valence-electron chi connectivity index (χ1n) is 6.56. The van der Waals surface area contributed by atoms with Crippen LogP contribution in [0.4, 0.5) is 0 Å². The van der Waals surface area contributed by atoms with Gasteiger partial charge in [0.1, 0.15) is 0 Å². The van der Waals surface area contributed by atoms with Gasteiger partial charge < -0.3 is 5.32 Å². The van der Waals surface area contributed by atoms with Gasteiger partial charge in [-0.25, -0.2) is 0 Å². The van der Waals surface area contributed by atoms with Crippen molar-refractivity contribution in [2.75, 3.05) is 13.1 Å². The first-order chi connectivity index (χ1) is 8.09. The lowest BCUT2D eigenvalue weighted by atomic mass is 9.74. The number of hydrogen-bond donors (Lipinski definition) is 1. The Hall–Kier alpha value is -0.530. The Morgan fingerprint density at radius 3 is 2.76 bits per heavy atom. The van der Waals surface area contributed by atoms with Crippen molar-refractivity contribution in [1.82, 2.24) is 5.32 Å². The van der Waals surface area contributed by atoms with Crippen molar-refractivity contribution in [1.29, 1.82) is 0 Å². The number of halogens is 1. The normalized spacial score (nSPS) is 25.2. The molecule has 94 valence electrons. The van der Waals surface area contributed by atoms with Gasteiger partial charge in [0.25, 0.3) is 0 Å². The molecule has 1 aliphatic rings. The number of nitrogens with one attached hydrogen (secondary N) is 1. The molecule has 1 nitrogen and oxygen atoms in total. The van der Waals surface area contributed by atoms with Crippen LogP contribution in [0.3, 0.4) is 0 Å². The summed E-state index contributed by atoms with van der Waals surface area (Å²) in [4.78, 5) is 0. The predicted molar refractivity (Wildman–Crippen MR) is 74.7 cm³/mol. The molecule has 17 heavy (non-hydrogen) atoms. The monoisotopic (exact) mass is 251 g/mol. The molecule has 0 bridgehead atoms. The molecule has 1 saturated heterocycles. The van der Waals surface area contributed by atoms with Crippen molar-refractivity contribution in [3.8, 4) is 0 Å². The lowest BCUT2D eigenvalue weighted by Crippen LogP contribution is -2.38. The first-order valence-corrected chi connectivity index (χ1v) is 6.94. The van der Waals surface area contributed by atoms with Gasteiger partial charge >= 0.3 is 0 Å². The number of hydrogen-bond acceptors (Lipinski definition) is 1. The topological polar surface area (TPSA) is 12.0 Å². The molecule has 0 saturated carbocycles. The zero-order valence-corrected chi connectivity index (χ0v) is 11.7. The molecule has 0 spiro atoms. The molecular weight excluding hydrogens is 230 g/mol. The smallest absolute Gasteiger partial charge is 0.0408 e. The van der Waals surface area contributed by atoms with Gasteiger partial charge in [-0.2, -0.15) is 0 Å². The third-order valence-corrected chi connectivity index (χ3v) is 4.25. The van der Waals surface area contributed by atoms with Crippen LogP contribution in [-0.2, 0) is 0 Å². The van der Waals surface area contributed by atoms with Crippen molar-refractivity contribution < 1.29 is 0 Å². The summed E-state index contributed by atoms with van der Waals surface area (Å²) < 4.78 is 0. The molecule has 1 fully saturated rings. The fraction of sp³-hybridized carbons (Fsp3) is 0.600. The maximum Gasteiger partial charge on any atom is 0.0408 e. The molecular formula is C15H22ClN. The van der Waals surface area contributed by atoms with E-state index in [-0.39, 0.29) is 0 Å². The lowest BCUT2D eigenvalue weighted by Gasteiger charge is -2.36. The van der Waals surface area contributed by atoms with Crippen LogP contribution in [0.25, 0.3) is 0 Å². The Labute approximate surface area is 110 Å². The highest BCUT2D eigenvalue weighted by molar-refractivity contribution is 6.30. The summed E-state index contributed by atoms with van der Waals surface area (Å²) in [7, 11) is 0. The summed E-state index contributed by atoms with van der Waals surface area (Å²) in [5, 5.41) is 4.37. The van der Waals surface area contributed by atoms with E-state index in [1.807, 2.05) is 6.07 Å². The van der Waals surface area contributed by atoms with Crippen LogP contribution >= 0.6 is 11.6 Å². The molecule has 1 N–H and O–H groups in total. The Morgan fingerprint density at radius 1 is 1.35 bits per heavy atom. The SMILES string of the molecule is Cc1cc(Cl)ccc1C1CCNCC1C(C)C. The van der Waals surface area contributed by atoms with Crippen LogP contribution in [0.1, 0.15) is 37.3 Å². The summed E-state index contributed by atoms with van der Waals surface area (Å²) in [5.74, 6) is 2.15. The van der Waals surface area contributed by atoms with Gasteiger partial charge in [0.2, 0.25) is 0 Å². The number of rotatable bonds is 2. The summed E-state index contributed by atoms with van der Waals surface area (Å²) in [5.41, 5.74) is 2.84. The fourth-order valence-electron chi connectivity index (χ4n) is 3.02. The molecule has 2 unspecified atom stereocenters. The van der Waals surface area contributed by atoms with Crippen molar-refractivity contribution in [2.24, 2.45) is 11.8 Å². The van der Waals surface area contributed by atoms with E-state index in [0.29, 0.717) is 5.92 Å². The van der Waals surface area contributed by atoms with E-state index < -0.39 is 0 Å². The standard InChI is InChI=1S/C15H22ClN/c1-10(2)15-9-17-7-6-14(15)13-5-4-12(16)8-11(13)3/h4-5,8,10,14-15,17H,6-7,9H2,1-3H3. The van der Waals surface area contributed by atoms with E-state index in [1.165, 1.54) is 17.5 Å². The summed E-state index contributed by atoms with van der Waals surface area (Å²) in [6.45, 7) is 9.12. The number of piperidine rings is 1. The van der Waals surface area contributed by atoms with Crippen LogP contribution in [0, 0.1) is 18.8 Å². The lowest BCUT2D eigenvalue weighted by molar-refractivity contribution is 0.254. The Kier molecular flexibility index (Phi) is 4.11. The quantitative estimate of drug-likeness (QED) is 0.838. The summed E-state index contributed by atoms with van der Waals surface area (Å²) in [6.07, 6.45) is 1.24. The highest BCUT2D eigenvalue weighted by Crippen LogP contribution is 2.36. The zero-order valence-electron chi connectivity index (χ0n) is 11.0. The molecule has 0 radical (unpaired) electrons. The van der Waals surface area contributed by atoms with Gasteiger partial charge in [0.05, 0.1) is 0 Å². The molecule has 1 aliphatic heterocycles. The molecule has 1 aromatic carbocycles. The van der Waals surface area contributed by atoms with Crippen LogP contribution in [0.2, 0.25) is 5.02 Å². The second kappa shape index (κ2) is 5.41. The molecule has 2 heteroatoms. The minimum absolute atomic E-state index is 0.688. The van der Waals surface area contributed by atoms with Crippen LogP contribution in [-0.4, -0.2) is 13.1 Å². The second-order valence-corrected chi connectivity index (χ2v) is 5.94. The molecule has 0 aliphatic carbocycles. The first kappa shape index (κ1) is 12.9. The van der Waals surface area contributed by atoms with Crippen LogP contribution in [0.15, 0.2) is 18.2 Å². The van der Waals surface area contributed by atoms with E-state index in [2.05, 4.69) is 38.2 Å². The van der Waals surface area contributed by atoms with Crippen molar-refractivity contribution in [3.63, 3.8) is 0 Å². The van der Waals surface area contributed by atoms with Crippen LogP contribution in [0.5, 0.6) is 0 Å². The van der Waals surface area contributed by atoms with Crippen molar-refractivity contribution in [2.45, 2.75) is 33.1 Å². The molecule has 2 rings (SSSR count). The third-order valence-electron chi connectivity index (χ3n) is 4.02. The predicted octanol–water partition coefficient (Wildman–Crippen LogP) is 4.00. The summed E-state index contributed by atoms with van der Waals surface area (Å²) in [6, 6.07) is 6.35. The average molecular weight is 252 g/mol. The van der Waals surface area contributed by atoms with Crippen molar-refractivity contribution in [3.05, 3.63) is 34.3 Å². The largest absolute Gasteiger partial charge is 0.316 e. The Bertz CT molecular complexity index is 387. The van der Waals surface area contributed by atoms with Gasteiger partial charge in [-0.15, -0.1) is 0 Å². The molecule has 1 heterocycles. The number of benzene rings is 1. The van der Waals surface area contributed by atoms with Gasteiger partial charge in [-0.1, -0.05) is 31.5 Å². The maximum atomic E-state index is 6.04. The van der Waals surface area contributed by atoms with Gasteiger partial charge in [0, 0.05) is 5.02 Å². The minimum atomic E-state index is 0.688. The zero-order chi connectivity index (χ0) is 12.4. The van der Waals surface area contributed by atoms with E-state index >= 15 is 0 Å².